The van der Waals surface area contributed by atoms with Crippen molar-refractivity contribution < 1.29 is 19.0 Å². The molecule has 142 valence electrons. The predicted molar refractivity (Wildman–Crippen MR) is 110 cm³/mol. The minimum absolute atomic E-state index is 0. The van der Waals surface area contributed by atoms with Gasteiger partial charge in [0.2, 0.25) is 0 Å². The van der Waals surface area contributed by atoms with Crippen LogP contribution in [0.5, 0.6) is 17.2 Å². The second-order valence-electron chi connectivity index (χ2n) is 5.16. The second-order valence-corrected chi connectivity index (χ2v) is 5.16. The molecule has 8 heteroatoms. The standard InChI is InChI=1S/C18H22FN3O3.HI/c1-20-18(22-12-13-3-8-17(23)16(19)11-13)21-9-10-25-15-6-4-14(24-2)5-7-15;/h3-8,11,23H,9-10,12H2,1-2H3,(H2,20,21,22);1H. The van der Waals surface area contributed by atoms with Gasteiger partial charge < -0.3 is 25.2 Å². The van der Waals surface area contributed by atoms with Crippen molar-refractivity contribution in [2.75, 3.05) is 27.3 Å². The summed E-state index contributed by atoms with van der Waals surface area (Å²) >= 11 is 0. The van der Waals surface area contributed by atoms with Crippen LogP contribution in [0.15, 0.2) is 47.5 Å². The zero-order valence-electron chi connectivity index (χ0n) is 14.7. The molecular weight excluding hydrogens is 452 g/mol. The van der Waals surface area contributed by atoms with Crippen LogP contribution in [0.25, 0.3) is 0 Å². The molecule has 0 aliphatic carbocycles. The molecular formula is C18H23FIN3O3. The highest BCUT2D eigenvalue weighted by Crippen LogP contribution is 2.17. The average molecular weight is 475 g/mol. The van der Waals surface area contributed by atoms with Crippen LogP contribution in [-0.2, 0) is 6.54 Å². The molecule has 6 nitrogen and oxygen atoms in total. The first-order chi connectivity index (χ1) is 12.1. The molecule has 0 bridgehead atoms. The van der Waals surface area contributed by atoms with Gasteiger partial charge in [-0.2, -0.15) is 0 Å². The van der Waals surface area contributed by atoms with Crippen LogP contribution in [0.3, 0.4) is 0 Å². The lowest BCUT2D eigenvalue weighted by molar-refractivity contribution is 0.321. The molecule has 3 N–H and O–H groups in total. The van der Waals surface area contributed by atoms with E-state index in [1.165, 1.54) is 12.1 Å². The minimum Gasteiger partial charge on any atom is -0.505 e. The number of hydrogen-bond acceptors (Lipinski definition) is 4. The molecule has 2 aromatic carbocycles. The van der Waals surface area contributed by atoms with Crippen LogP contribution in [-0.4, -0.2) is 38.4 Å². The number of rotatable bonds is 7. The number of nitrogens with zero attached hydrogens (tertiary/aromatic N) is 1. The van der Waals surface area contributed by atoms with Crippen molar-refractivity contribution in [1.82, 2.24) is 10.6 Å². The van der Waals surface area contributed by atoms with Crippen LogP contribution in [0.4, 0.5) is 4.39 Å². The second kappa shape index (κ2) is 11.4. The van der Waals surface area contributed by atoms with Crippen LogP contribution in [0.2, 0.25) is 0 Å². The Morgan fingerprint density at radius 2 is 1.81 bits per heavy atom. The number of aliphatic imine (C=N–C) groups is 1. The fourth-order valence-electron chi connectivity index (χ4n) is 2.08. The van der Waals surface area contributed by atoms with E-state index in [9.17, 15) is 9.50 Å². The summed E-state index contributed by atoms with van der Waals surface area (Å²) in [5, 5.41) is 15.4. The maximum absolute atomic E-state index is 13.3. The molecule has 2 rings (SSSR count). The van der Waals surface area contributed by atoms with E-state index in [0.29, 0.717) is 31.2 Å². The molecule has 0 atom stereocenters. The van der Waals surface area contributed by atoms with E-state index in [0.717, 1.165) is 11.5 Å². The first-order valence-electron chi connectivity index (χ1n) is 7.81. The fourth-order valence-corrected chi connectivity index (χ4v) is 2.08. The first-order valence-corrected chi connectivity index (χ1v) is 7.81. The van der Waals surface area contributed by atoms with E-state index in [1.807, 2.05) is 24.3 Å². The maximum atomic E-state index is 13.3. The normalized spacial score (nSPS) is 10.7. The third-order valence-electron chi connectivity index (χ3n) is 3.42. The number of hydrogen-bond donors (Lipinski definition) is 3. The summed E-state index contributed by atoms with van der Waals surface area (Å²) in [7, 11) is 3.27. The minimum atomic E-state index is -0.643. The van der Waals surface area contributed by atoms with Gasteiger partial charge in [0.15, 0.2) is 17.5 Å². The Hall–Kier alpha value is -2.23. The Kier molecular flexibility index (Phi) is 9.56. The molecule has 0 saturated carbocycles. The van der Waals surface area contributed by atoms with Crippen molar-refractivity contribution in [2.45, 2.75) is 6.54 Å². The van der Waals surface area contributed by atoms with E-state index in [2.05, 4.69) is 15.6 Å². The molecule has 0 radical (unpaired) electrons. The van der Waals surface area contributed by atoms with Crippen molar-refractivity contribution in [1.29, 1.82) is 0 Å². The Labute approximate surface area is 169 Å². The predicted octanol–water partition coefficient (Wildman–Crippen LogP) is 2.90. The lowest BCUT2D eigenvalue weighted by atomic mass is 10.2. The van der Waals surface area contributed by atoms with E-state index in [-0.39, 0.29) is 29.7 Å². The number of halogens is 2. The molecule has 0 aromatic heterocycles. The Morgan fingerprint density at radius 1 is 1.12 bits per heavy atom. The fraction of sp³-hybridized carbons (Fsp3) is 0.278. The van der Waals surface area contributed by atoms with E-state index < -0.39 is 5.82 Å². The van der Waals surface area contributed by atoms with Gasteiger partial charge in [-0.15, -0.1) is 24.0 Å². The molecule has 0 spiro atoms. The summed E-state index contributed by atoms with van der Waals surface area (Å²) in [6, 6.07) is 11.6. The van der Waals surface area contributed by atoms with Gasteiger partial charge in [0.05, 0.1) is 13.7 Å². The largest absolute Gasteiger partial charge is 0.505 e. The third kappa shape index (κ3) is 6.95. The summed E-state index contributed by atoms with van der Waals surface area (Å²) in [5.41, 5.74) is 0.702. The number of nitrogens with one attached hydrogen (secondary N) is 2. The van der Waals surface area contributed by atoms with E-state index in [4.69, 9.17) is 9.47 Å². The molecule has 0 heterocycles. The molecule has 0 aliphatic rings. The molecule has 2 aromatic rings. The van der Waals surface area contributed by atoms with Gasteiger partial charge >= 0.3 is 0 Å². The summed E-state index contributed by atoms with van der Waals surface area (Å²) < 4.78 is 24.0. The van der Waals surface area contributed by atoms with Gasteiger partial charge in [-0.3, -0.25) is 4.99 Å². The van der Waals surface area contributed by atoms with Crippen molar-refractivity contribution in [3.63, 3.8) is 0 Å². The van der Waals surface area contributed by atoms with Crippen molar-refractivity contribution in [2.24, 2.45) is 4.99 Å². The topological polar surface area (TPSA) is 75.1 Å². The summed E-state index contributed by atoms with van der Waals surface area (Å²) in [6.45, 7) is 1.40. The molecule has 0 aliphatic heterocycles. The number of phenols is 1. The molecule has 0 amide bonds. The number of aromatic hydroxyl groups is 1. The summed E-state index contributed by atoms with van der Waals surface area (Å²) in [6.07, 6.45) is 0. The zero-order valence-corrected chi connectivity index (χ0v) is 17.0. The summed E-state index contributed by atoms with van der Waals surface area (Å²) in [5.74, 6) is 1.11. The number of methoxy groups -OCH3 is 1. The van der Waals surface area contributed by atoms with E-state index in [1.54, 1.807) is 20.2 Å². The lowest BCUT2D eigenvalue weighted by Gasteiger charge is -2.13. The van der Waals surface area contributed by atoms with Gasteiger partial charge in [-0.05, 0) is 42.0 Å². The van der Waals surface area contributed by atoms with Gasteiger partial charge in [0.25, 0.3) is 0 Å². The van der Waals surface area contributed by atoms with Crippen molar-refractivity contribution in [3.05, 3.63) is 53.8 Å². The Bertz CT molecular complexity index is 711. The Balaban J connectivity index is 0.00000338. The SMILES string of the molecule is CN=C(NCCOc1ccc(OC)cc1)NCc1ccc(O)c(F)c1.I. The van der Waals surface area contributed by atoms with Crippen LogP contribution < -0.4 is 20.1 Å². The number of guanidine groups is 1. The molecule has 0 unspecified atom stereocenters. The van der Waals surface area contributed by atoms with Crippen molar-refractivity contribution >= 4 is 29.9 Å². The van der Waals surface area contributed by atoms with E-state index >= 15 is 0 Å². The number of phenolic OH excluding ortho intramolecular Hbond substituents is 1. The van der Waals surface area contributed by atoms with Crippen LogP contribution >= 0.6 is 24.0 Å². The number of benzene rings is 2. The van der Waals surface area contributed by atoms with Gasteiger partial charge in [-0.1, -0.05) is 6.07 Å². The lowest BCUT2D eigenvalue weighted by Crippen LogP contribution is -2.38. The Morgan fingerprint density at radius 3 is 2.42 bits per heavy atom. The maximum Gasteiger partial charge on any atom is 0.191 e. The summed E-state index contributed by atoms with van der Waals surface area (Å²) in [4.78, 5) is 4.09. The smallest absolute Gasteiger partial charge is 0.191 e. The highest BCUT2D eigenvalue weighted by atomic mass is 127. The van der Waals surface area contributed by atoms with Crippen LogP contribution in [0, 0.1) is 5.82 Å². The zero-order chi connectivity index (χ0) is 18.1. The highest BCUT2D eigenvalue weighted by Gasteiger charge is 2.03. The monoisotopic (exact) mass is 475 g/mol. The van der Waals surface area contributed by atoms with Gasteiger partial charge in [0, 0.05) is 13.6 Å². The molecule has 0 fully saturated rings. The van der Waals surface area contributed by atoms with Gasteiger partial charge in [0.1, 0.15) is 18.1 Å². The van der Waals surface area contributed by atoms with Crippen LogP contribution in [0.1, 0.15) is 5.56 Å². The number of ether oxygens (including phenoxy) is 2. The molecule has 26 heavy (non-hydrogen) atoms. The third-order valence-corrected chi connectivity index (χ3v) is 3.42. The van der Waals surface area contributed by atoms with Gasteiger partial charge in [-0.25, -0.2) is 4.39 Å². The quantitative estimate of drug-likeness (QED) is 0.249. The molecule has 0 saturated heterocycles. The highest BCUT2D eigenvalue weighted by molar-refractivity contribution is 14.0. The first kappa shape index (κ1) is 21.8. The van der Waals surface area contributed by atoms with Crippen molar-refractivity contribution in [3.8, 4) is 17.2 Å². The average Bonchev–Trinajstić information content (AvgIpc) is 2.64.